The summed E-state index contributed by atoms with van der Waals surface area (Å²) in [5.41, 5.74) is 14.5. The number of para-hydroxylation sites is 1. The van der Waals surface area contributed by atoms with E-state index in [2.05, 4.69) is 229 Å². The van der Waals surface area contributed by atoms with Crippen LogP contribution in [0.1, 0.15) is 0 Å². The van der Waals surface area contributed by atoms with Gasteiger partial charge in [0.15, 0.2) is 0 Å². The number of rotatable bonds is 7. The third-order valence-electron chi connectivity index (χ3n) is 12.1. The van der Waals surface area contributed by atoms with E-state index in [0.29, 0.717) is 0 Å². The standard InChI is InChI=1S/C58H37NOS/c1-2-11-38(12-3-1)39-21-23-40(24-22-39)41-25-31-45(32-26-41)59(46-33-27-42(28-34-46)44-30-35-50-49-16-7-9-20-55(49)61-56(50)37-44)53-18-8-6-15-48(53)51-17-10-19-54-57(51)52-36-29-43-13-4-5-14-47(43)58(52)60-54/h1-37H. The van der Waals surface area contributed by atoms with Crippen molar-refractivity contribution in [3.63, 3.8) is 0 Å². The topological polar surface area (TPSA) is 16.4 Å². The number of nitrogens with zero attached hydrogens (tertiary/aromatic N) is 1. The summed E-state index contributed by atoms with van der Waals surface area (Å²) in [6, 6.07) is 81.1. The smallest absolute Gasteiger partial charge is 0.143 e. The summed E-state index contributed by atoms with van der Waals surface area (Å²) < 4.78 is 9.30. The van der Waals surface area contributed by atoms with Gasteiger partial charge in [0, 0.05) is 53.3 Å². The molecule has 61 heavy (non-hydrogen) atoms. The van der Waals surface area contributed by atoms with Gasteiger partial charge < -0.3 is 9.32 Å². The van der Waals surface area contributed by atoms with E-state index in [1.807, 2.05) is 11.3 Å². The molecule has 2 aromatic heterocycles. The summed E-state index contributed by atoms with van der Waals surface area (Å²) in [5, 5.41) is 7.17. The van der Waals surface area contributed by atoms with E-state index < -0.39 is 0 Å². The van der Waals surface area contributed by atoms with E-state index in [1.54, 1.807) is 0 Å². The summed E-state index contributed by atoms with van der Waals surface area (Å²) in [6.07, 6.45) is 0. The Labute approximate surface area is 357 Å². The zero-order valence-electron chi connectivity index (χ0n) is 33.1. The molecule has 0 radical (unpaired) electrons. The minimum absolute atomic E-state index is 0.882. The molecule has 2 nitrogen and oxygen atoms in total. The maximum absolute atomic E-state index is 6.67. The van der Waals surface area contributed by atoms with Crippen LogP contribution in [0.2, 0.25) is 0 Å². The summed E-state index contributed by atoms with van der Waals surface area (Å²) in [4.78, 5) is 2.40. The minimum Gasteiger partial charge on any atom is -0.455 e. The molecule has 3 heteroatoms. The van der Waals surface area contributed by atoms with Crippen molar-refractivity contribution in [2.24, 2.45) is 0 Å². The van der Waals surface area contributed by atoms with Crippen LogP contribution in [0.25, 0.3) is 97.4 Å². The second-order valence-corrected chi connectivity index (χ2v) is 16.7. The molecular formula is C58H37NOS. The molecule has 0 atom stereocenters. The predicted octanol–water partition coefficient (Wildman–Crippen LogP) is 17.2. The molecule has 0 unspecified atom stereocenters. The highest BCUT2D eigenvalue weighted by atomic mass is 32.1. The van der Waals surface area contributed by atoms with Crippen LogP contribution in [-0.2, 0) is 0 Å². The van der Waals surface area contributed by atoms with Gasteiger partial charge in [-0.05, 0) is 98.9 Å². The van der Waals surface area contributed by atoms with Crippen LogP contribution in [0.15, 0.2) is 229 Å². The summed E-state index contributed by atoms with van der Waals surface area (Å²) in [6.45, 7) is 0. The average Bonchev–Trinajstić information content (AvgIpc) is 3.91. The lowest BCUT2D eigenvalue weighted by atomic mass is 9.96. The fourth-order valence-corrected chi connectivity index (χ4v) is 10.2. The Hall–Kier alpha value is -7.72. The van der Waals surface area contributed by atoms with Crippen LogP contribution in [-0.4, -0.2) is 0 Å². The van der Waals surface area contributed by atoms with Gasteiger partial charge in [0.05, 0.1) is 5.69 Å². The van der Waals surface area contributed by atoms with E-state index in [0.717, 1.165) is 55.5 Å². The Morgan fingerprint density at radius 1 is 0.344 bits per heavy atom. The molecule has 12 aromatic rings. The fraction of sp³-hybridized carbons (Fsp3) is 0. The summed E-state index contributed by atoms with van der Waals surface area (Å²) in [5.74, 6) is 0. The van der Waals surface area contributed by atoms with Crippen LogP contribution in [0, 0.1) is 0 Å². The van der Waals surface area contributed by atoms with Gasteiger partial charge in [-0.15, -0.1) is 11.3 Å². The van der Waals surface area contributed by atoms with Gasteiger partial charge in [-0.1, -0.05) is 170 Å². The zero-order valence-corrected chi connectivity index (χ0v) is 33.9. The second kappa shape index (κ2) is 14.5. The van der Waals surface area contributed by atoms with Crippen molar-refractivity contribution >= 4 is 81.3 Å². The zero-order chi connectivity index (χ0) is 40.3. The van der Waals surface area contributed by atoms with Gasteiger partial charge in [-0.25, -0.2) is 0 Å². The molecule has 2 heterocycles. The molecule has 0 aliphatic carbocycles. The van der Waals surface area contributed by atoms with E-state index in [9.17, 15) is 0 Å². The number of furan rings is 1. The third-order valence-corrected chi connectivity index (χ3v) is 13.2. The molecule has 0 N–H and O–H groups in total. The molecular weight excluding hydrogens is 759 g/mol. The first-order chi connectivity index (χ1) is 30.2. The highest BCUT2D eigenvalue weighted by Crippen LogP contribution is 2.46. The van der Waals surface area contributed by atoms with Gasteiger partial charge in [-0.3, -0.25) is 0 Å². The van der Waals surface area contributed by atoms with Crippen LogP contribution < -0.4 is 4.90 Å². The minimum atomic E-state index is 0.882. The monoisotopic (exact) mass is 795 g/mol. The summed E-state index contributed by atoms with van der Waals surface area (Å²) >= 11 is 1.86. The lowest BCUT2D eigenvalue weighted by Crippen LogP contribution is -2.11. The molecule has 0 spiro atoms. The van der Waals surface area contributed by atoms with Crippen molar-refractivity contribution < 1.29 is 4.42 Å². The first-order valence-electron chi connectivity index (χ1n) is 20.7. The molecule has 0 fully saturated rings. The highest BCUT2D eigenvalue weighted by Gasteiger charge is 2.21. The number of hydrogen-bond donors (Lipinski definition) is 0. The summed E-state index contributed by atoms with van der Waals surface area (Å²) in [7, 11) is 0. The normalized spacial score (nSPS) is 11.6. The van der Waals surface area contributed by atoms with E-state index >= 15 is 0 Å². The number of benzene rings is 10. The Morgan fingerprint density at radius 3 is 1.64 bits per heavy atom. The first kappa shape index (κ1) is 35.2. The van der Waals surface area contributed by atoms with Crippen LogP contribution in [0.4, 0.5) is 17.1 Å². The van der Waals surface area contributed by atoms with Crippen molar-refractivity contribution in [3.8, 4) is 44.5 Å². The van der Waals surface area contributed by atoms with E-state index in [4.69, 9.17) is 4.42 Å². The molecule has 0 saturated heterocycles. The van der Waals surface area contributed by atoms with Gasteiger partial charge in [0.2, 0.25) is 0 Å². The second-order valence-electron chi connectivity index (χ2n) is 15.6. The van der Waals surface area contributed by atoms with E-state index in [-0.39, 0.29) is 0 Å². The van der Waals surface area contributed by atoms with Crippen LogP contribution in [0.5, 0.6) is 0 Å². The molecule has 0 aliphatic heterocycles. The number of thiophene rings is 1. The number of fused-ring (bicyclic) bond motifs is 8. The lowest BCUT2D eigenvalue weighted by Gasteiger charge is -2.28. The maximum Gasteiger partial charge on any atom is 0.143 e. The number of anilines is 3. The largest absolute Gasteiger partial charge is 0.455 e. The molecule has 0 aliphatic rings. The number of hydrogen-bond acceptors (Lipinski definition) is 3. The molecule has 286 valence electrons. The Bertz CT molecular complexity index is 3560. The molecule has 0 amide bonds. The van der Waals surface area contributed by atoms with Gasteiger partial charge in [0.25, 0.3) is 0 Å². The maximum atomic E-state index is 6.67. The molecule has 12 rings (SSSR count). The van der Waals surface area contributed by atoms with Gasteiger partial charge in [-0.2, -0.15) is 0 Å². The van der Waals surface area contributed by atoms with Gasteiger partial charge in [0.1, 0.15) is 11.2 Å². The van der Waals surface area contributed by atoms with E-state index in [1.165, 1.54) is 58.9 Å². The van der Waals surface area contributed by atoms with Crippen LogP contribution >= 0.6 is 11.3 Å². The first-order valence-corrected chi connectivity index (χ1v) is 21.6. The predicted molar refractivity (Wildman–Crippen MR) is 261 cm³/mol. The average molecular weight is 796 g/mol. The quantitative estimate of drug-likeness (QED) is 0.160. The molecule has 10 aromatic carbocycles. The SMILES string of the molecule is c1ccc(-c2ccc(-c3ccc(N(c4ccc(-c5ccc6c(c5)sc5ccccc56)cc4)c4ccccc4-c4cccc5oc6c7ccccc7ccc6c45)cc3)cc2)cc1. The Kier molecular flexibility index (Phi) is 8.39. The van der Waals surface area contributed by atoms with Crippen molar-refractivity contribution in [1.29, 1.82) is 0 Å². The fourth-order valence-electron chi connectivity index (χ4n) is 9.10. The lowest BCUT2D eigenvalue weighted by molar-refractivity contribution is 0.673. The van der Waals surface area contributed by atoms with Crippen molar-refractivity contribution in [2.45, 2.75) is 0 Å². The van der Waals surface area contributed by atoms with Crippen LogP contribution in [0.3, 0.4) is 0 Å². The molecule has 0 bridgehead atoms. The Balaban J connectivity index is 0.983. The van der Waals surface area contributed by atoms with Crippen molar-refractivity contribution in [1.82, 2.24) is 0 Å². The highest BCUT2D eigenvalue weighted by molar-refractivity contribution is 7.25. The molecule has 0 saturated carbocycles. The van der Waals surface area contributed by atoms with Crippen molar-refractivity contribution in [3.05, 3.63) is 224 Å². The Morgan fingerprint density at radius 2 is 0.885 bits per heavy atom. The van der Waals surface area contributed by atoms with Crippen molar-refractivity contribution in [2.75, 3.05) is 4.90 Å². The third kappa shape index (κ3) is 6.09. The van der Waals surface area contributed by atoms with Gasteiger partial charge >= 0.3 is 0 Å².